The van der Waals surface area contributed by atoms with Crippen LogP contribution in [0.1, 0.15) is 47.6 Å². The fourth-order valence-corrected chi connectivity index (χ4v) is 4.74. The molecule has 1 N–H and O–H groups in total. The SMILES string of the molecule is O=C(Cc1coc2cc3c(cc12)CCC3)NC(CN1CCCC1=O)c1ccccc1. The molecular formula is C25H26N2O3. The third-order valence-corrected chi connectivity index (χ3v) is 6.33. The number of likely N-dealkylation sites (tertiary alicyclic amines) is 1. The lowest BCUT2D eigenvalue weighted by Gasteiger charge is -2.25. The van der Waals surface area contributed by atoms with Crippen LogP contribution in [0.5, 0.6) is 0 Å². The molecule has 1 aromatic heterocycles. The van der Waals surface area contributed by atoms with Gasteiger partial charge in [0.25, 0.3) is 0 Å². The molecule has 1 saturated heterocycles. The molecule has 1 fully saturated rings. The van der Waals surface area contributed by atoms with Gasteiger partial charge in [-0.05, 0) is 54.5 Å². The number of nitrogens with one attached hydrogen (secondary N) is 1. The summed E-state index contributed by atoms with van der Waals surface area (Å²) < 4.78 is 5.75. The normalized spacial score (nSPS) is 16.8. The van der Waals surface area contributed by atoms with Gasteiger partial charge in [0.1, 0.15) is 5.58 Å². The molecule has 154 valence electrons. The molecule has 30 heavy (non-hydrogen) atoms. The van der Waals surface area contributed by atoms with E-state index >= 15 is 0 Å². The molecule has 2 amide bonds. The van der Waals surface area contributed by atoms with E-state index in [4.69, 9.17) is 4.42 Å². The summed E-state index contributed by atoms with van der Waals surface area (Å²) in [5, 5.41) is 4.20. The third-order valence-electron chi connectivity index (χ3n) is 6.33. The van der Waals surface area contributed by atoms with Gasteiger partial charge < -0.3 is 14.6 Å². The monoisotopic (exact) mass is 402 g/mol. The van der Waals surface area contributed by atoms with E-state index in [1.54, 1.807) is 6.26 Å². The van der Waals surface area contributed by atoms with Crippen molar-refractivity contribution in [2.75, 3.05) is 13.1 Å². The molecule has 0 spiro atoms. The number of furan rings is 1. The van der Waals surface area contributed by atoms with Gasteiger partial charge in [-0.1, -0.05) is 30.3 Å². The van der Waals surface area contributed by atoms with Crippen molar-refractivity contribution in [3.8, 4) is 0 Å². The minimum absolute atomic E-state index is 0.0568. The Kier molecular flexibility index (Phi) is 5.03. The van der Waals surface area contributed by atoms with Crippen LogP contribution in [-0.2, 0) is 28.9 Å². The van der Waals surface area contributed by atoms with E-state index in [0.29, 0.717) is 13.0 Å². The van der Waals surface area contributed by atoms with Crippen molar-refractivity contribution in [1.82, 2.24) is 10.2 Å². The van der Waals surface area contributed by atoms with Gasteiger partial charge in [0.05, 0.1) is 18.7 Å². The fraction of sp³-hybridized carbons (Fsp3) is 0.360. The maximum absolute atomic E-state index is 13.0. The lowest BCUT2D eigenvalue weighted by molar-refractivity contribution is -0.129. The number of rotatable bonds is 6. The molecule has 3 aromatic rings. The average Bonchev–Trinajstić information content (AvgIpc) is 3.47. The molecule has 0 bridgehead atoms. The summed E-state index contributed by atoms with van der Waals surface area (Å²) in [5.41, 5.74) is 5.54. The lowest BCUT2D eigenvalue weighted by atomic mass is 10.0. The van der Waals surface area contributed by atoms with Crippen molar-refractivity contribution in [1.29, 1.82) is 0 Å². The van der Waals surface area contributed by atoms with Crippen LogP contribution in [0.4, 0.5) is 0 Å². The first-order chi connectivity index (χ1) is 14.7. The molecular weight excluding hydrogens is 376 g/mol. The Labute approximate surface area is 176 Å². The molecule has 1 unspecified atom stereocenters. The van der Waals surface area contributed by atoms with E-state index in [2.05, 4.69) is 17.4 Å². The molecule has 2 aromatic carbocycles. The first-order valence-electron chi connectivity index (χ1n) is 10.8. The molecule has 1 aliphatic heterocycles. The Morgan fingerprint density at radius 1 is 1.07 bits per heavy atom. The predicted octanol–water partition coefficient (Wildman–Crippen LogP) is 3.94. The molecule has 5 heteroatoms. The number of carbonyl (C=O) groups is 2. The molecule has 1 atom stereocenters. The van der Waals surface area contributed by atoms with Crippen LogP contribution in [0.3, 0.4) is 0 Å². The Morgan fingerprint density at radius 3 is 2.63 bits per heavy atom. The summed E-state index contributed by atoms with van der Waals surface area (Å²) in [5.74, 6) is 0.110. The smallest absolute Gasteiger partial charge is 0.225 e. The molecule has 5 nitrogen and oxygen atoms in total. The van der Waals surface area contributed by atoms with Crippen molar-refractivity contribution in [3.05, 3.63) is 71.0 Å². The lowest BCUT2D eigenvalue weighted by Crippen LogP contribution is -2.39. The minimum atomic E-state index is -0.219. The second-order valence-corrected chi connectivity index (χ2v) is 8.38. The summed E-state index contributed by atoms with van der Waals surface area (Å²) in [6.45, 7) is 1.27. The van der Waals surface area contributed by atoms with Crippen molar-refractivity contribution >= 4 is 22.8 Å². The number of carbonyl (C=O) groups excluding carboxylic acids is 2. The van der Waals surface area contributed by atoms with Gasteiger partial charge in [-0.2, -0.15) is 0 Å². The van der Waals surface area contributed by atoms with Crippen LogP contribution in [0.15, 0.2) is 53.1 Å². The molecule has 5 rings (SSSR count). The van der Waals surface area contributed by atoms with Gasteiger partial charge >= 0.3 is 0 Å². The Hall–Kier alpha value is -3.08. The van der Waals surface area contributed by atoms with Gasteiger partial charge in [0.2, 0.25) is 11.8 Å². The Morgan fingerprint density at radius 2 is 1.87 bits per heavy atom. The van der Waals surface area contributed by atoms with Gasteiger partial charge in [0.15, 0.2) is 0 Å². The van der Waals surface area contributed by atoms with Crippen LogP contribution >= 0.6 is 0 Å². The Bertz CT molecular complexity index is 1090. The van der Waals surface area contributed by atoms with Gasteiger partial charge in [-0.25, -0.2) is 0 Å². The number of aryl methyl sites for hydroxylation is 2. The predicted molar refractivity (Wildman–Crippen MR) is 115 cm³/mol. The second kappa shape index (κ2) is 7.98. The van der Waals surface area contributed by atoms with E-state index in [-0.39, 0.29) is 24.3 Å². The number of amides is 2. The second-order valence-electron chi connectivity index (χ2n) is 8.38. The maximum Gasteiger partial charge on any atom is 0.225 e. The summed E-state index contributed by atoms with van der Waals surface area (Å²) in [6.07, 6.45) is 6.86. The van der Waals surface area contributed by atoms with Gasteiger partial charge in [-0.3, -0.25) is 9.59 Å². The number of nitrogens with zero attached hydrogens (tertiary/aromatic N) is 1. The minimum Gasteiger partial charge on any atom is -0.464 e. The number of hydrogen-bond acceptors (Lipinski definition) is 3. The van der Waals surface area contributed by atoms with Crippen LogP contribution in [-0.4, -0.2) is 29.8 Å². The molecule has 2 heterocycles. The van der Waals surface area contributed by atoms with Crippen molar-refractivity contribution < 1.29 is 14.0 Å². The van der Waals surface area contributed by atoms with Gasteiger partial charge in [0, 0.05) is 30.5 Å². The van der Waals surface area contributed by atoms with E-state index in [1.807, 2.05) is 35.2 Å². The van der Waals surface area contributed by atoms with E-state index in [1.165, 1.54) is 17.5 Å². The summed E-state index contributed by atoms with van der Waals surface area (Å²) in [7, 11) is 0. The van der Waals surface area contributed by atoms with Crippen LogP contribution in [0.2, 0.25) is 0 Å². The molecule has 0 radical (unpaired) electrons. The molecule has 0 saturated carbocycles. The summed E-state index contributed by atoms with van der Waals surface area (Å²) in [4.78, 5) is 26.9. The first kappa shape index (κ1) is 18.9. The average molecular weight is 402 g/mol. The standard InChI is InChI=1S/C25H26N2O3/c28-24(14-20-16-30-23-13-19-9-4-8-18(19)12-21(20)23)26-22(17-6-2-1-3-7-17)15-27-11-5-10-25(27)29/h1-3,6-7,12-13,16,22H,4-5,8-11,14-15H2,(H,26,28). The van der Waals surface area contributed by atoms with Crippen molar-refractivity contribution in [3.63, 3.8) is 0 Å². The number of hydrogen-bond donors (Lipinski definition) is 1. The van der Waals surface area contributed by atoms with Crippen molar-refractivity contribution in [2.45, 2.75) is 44.6 Å². The molecule has 2 aliphatic rings. The molecule has 1 aliphatic carbocycles. The summed E-state index contributed by atoms with van der Waals surface area (Å²) >= 11 is 0. The van der Waals surface area contributed by atoms with Crippen LogP contribution in [0.25, 0.3) is 11.0 Å². The van der Waals surface area contributed by atoms with Crippen molar-refractivity contribution in [2.24, 2.45) is 0 Å². The van der Waals surface area contributed by atoms with Crippen LogP contribution in [0, 0.1) is 0 Å². The van der Waals surface area contributed by atoms with E-state index < -0.39 is 0 Å². The Balaban J connectivity index is 1.34. The number of fused-ring (bicyclic) bond motifs is 2. The van der Waals surface area contributed by atoms with E-state index in [9.17, 15) is 9.59 Å². The highest BCUT2D eigenvalue weighted by Gasteiger charge is 2.26. The zero-order chi connectivity index (χ0) is 20.5. The zero-order valence-electron chi connectivity index (χ0n) is 17.0. The topological polar surface area (TPSA) is 62.6 Å². The largest absolute Gasteiger partial charge is 0.464 e. The third kappa shape index (κ3) is 3.72. The van der Waals surface area contributed by atoms with E-state index in [0.717, 1.165) is 47.9 Å². The highest BCUT2D eigenvalue weighted by Crippen LogP contribution is 2.30. The quantitative estimate of drug-likeness (QED) is 0.679. The summed E-state index contributed by atoms with van der Waals surface area (Å²) in [6, 6.07) is 14.0. The zero-order valence-corrected chi connectivity index (χ0v) is 17.0. The highest BCUT2D eigenvalue weighted by atomic mass is 16.3. The van der Waals surface area contributed by atoms with Gasteiger partial charge in [-0.15, -0.1) is 0 Å². The van der Waals surface area contributed by atoms with Crippen LogP contribution < -0.4 is 5.32 Å². The first-order valence-corrected chi connectivity index (χ1v) is 10.8. The highest BCUT2D eigenvalue weighted by molar-refractivity contribution is 5.89. The number of benzene rings is 2. The maximum atomic E-state index is 13.0. The fourth-order valence-electron chi connectivity index (χ4n) is 4.74.